The van der Waals surface area contributed by atoms with E-state index in [4.69, 9.17) is 12.2 Å². The predicted molar refractivity (Wildman–Crippen MR) is 86.1 cm³/mol. The van der Waals surface area contributed by atoms with E-state index in [-0.39, 0.29) is 0 Å². The zero-order valence-electron chi connectivity index (χ0n) is 10.1. The second kappa shape index (κ2) is 6.07. The maximum absolute atomic E-state index is 5.40. The summed E-state index contributed by atoms with van der Waals surface area (Å²) in [7, 11) is 0. The van der Waals surface area contributed by atoms with Crippen molar-refractivity contribution in [1.82, 2.24) is 0 Å². The van der Waals surface area contributed by atoms with Crippen molar-refractivity contribution in [2.75, 3.05) is 0 Å². The Morgan fingerprint density at radius 2 is 1.72 bits per heavy atom. The van der Waals surface area contributed by atoms with Crippen LogP contribution in [0.4, 0.5) is 0 Å². The van der Waals surface area contributed by atoms with E-state index in [1.807, 2.05) is 30.4 Å². The third kappa shape index (κ3) is 3.37. The van der Waals surface area contributed by atoms with Gasteiger partial charge in [0.15, 0.2) is 0 Å². The number of allylic oxidation sites excluding steroid dienone is 1. The zero-order valence-corrected chi connectivity index (χ0v) is 12.5. The molecule has 0 bridgehead atoms. The normalized spacial score (nSPS) is 10.8. The third-order valence-corrected chi connectivity index (χ3v) is 3.75. The summed E-state index contributed by atoms with van der Waals surface area (Å²) in [5.74, 6) is 0. The lowest BCUT2D eigenvalue weighted by atomic mass is 10.1. The maximum Gasteiger partial charge on any atom is 0.0449 e. The van der Waals surface area contributed by atoms with Gasteiger partial charge < -0.3 is 0 Å². The van der Waals surface area contributed by atoms with E-state index in [1.54, 1.807) is 0 Å². The van der Waals surface area contributed by atoms with Crippen molar-refractivity contribution in [2.24, 2.45) is 0 Å². The van der Waals surface area contributed by atoms with Crippen LogP contribution in [0.3, 0.4) is 0 Å². The van der Waals surface area contributed by atoms with Crippen molar-refractivity contribution < 1.29 is 0 Å². The molecule has 0 N–H and O–H groups in total. The van der Waals surface area contributed by atoms with Gasteiger partial charge in [0.25, 0.3) is 0 Å². The van der Waals surface area contributed by atoms with Gasteiger partial charge in [-0.25, -0.2) is 0 Å². The first-order valence-corrected chi connectivity index (χ1v) is 6.90. The first kappa shape index (κ1) is 13.2. The van der Waals surface area contributed by atoms with Gasteiger partial charge in [0.05, 0.1) is 0 Å². The molecule has 18 heavy (non-hydrogen) atoms. The number of hydrogen-bond donors (Lipinski definition) is 0. The van der Waals surface area contributed by atoms with Crippen LogP contribution in [0.2, 0.25) is 0 Å². The number of hydrogen-bond acceptors (Lipinski definition) is 1. The van der Waals surface area contributed by atoms with Crippen LogP contribution in [0.15, 0.2) is 59.1 Å². The molecule has 0 radical (unpaired) electrons. The Kier molecular flexibility index (Phi) is 4.45. The fourth-order valence-corrected chi connectivity index (χ4v) is 2.21. The molecule has 0 aliphatic rings. The third-order valence-electron chi connectivity index (χ3n) is 2.66. The SMILES string of the molecule is Cc1ccc(C(=S)C=Cc2ccccc2Br)cc1. The van der Waals surface area contributed by atoms with Crippen molar-refractivity contribution in [1.29, 1.82) is 0 Å². The van der Waals surface area contributed by atoms with Gasteiger partial charge in [-0.15, -0.1) is 0 Å². The Hall–Kier alpha value is -1.25. The Balaban J connectivity index is 2.17. The minimum absolute atomic E-state index is 0.853. The average molecular weight is 317 g/mol. The van der Waals surface area contributed by atoms with Crippen LogP contribution in [0.5, 0.6) is 0 Å². The summed E-state index contributed by atoms with van der Waals surface area (Å²) < 4.78 is 1.08. The molecule has 0 aliphatic carbocycles. The van der Waals surface area contributed by atoms with E-state index in [9.17, 15) is 0 Å². The Labute approximate surface area is 121 Å². The van der Waals surface area contributed by atoms with Crippen molar-refractivity contribution in [3.05, 3.63) is 75.8 Å². The first-order valence-electron chi connectivity index (χ1n) is 5.70. The molecule has 0 spiro atoms. The lowest BCUT2D eigenvalue weighted by Crippen LogP contribution is -1.91. The molecule has 2 heteroatoms. The molecule has 0 aromatic heterocycles. The second-order valence-corrected chi connectivity index (χ2v) is 5.38. The van der Waals surface area contributed by atoms with Crippen molar-refractivity contribution >= 4 is 39.1 Å². The second-order valence-electron chi connectivity index (χ2n) is 4.09. The summed E-state index contributed by atoms with van der Waals surface area (Å²) in [4.78, 5) is 0.853. The van der Waals surface area contributed by atoms with E-state index in [0.717, 1.165) is 20.5 Å². The highest BCUT2D eigenvalue weighted by molar-refractivity contribution is 9.10. The van der Waals surface area contributed by atoms with E-state index in [0.29, 0.717) is 0 Å². The number of halogens is 1. The number of thiocarbonyl (C=S) groups is 1. The van der Waals surface area contributed by atoms with Crippen LogP contribution in [0.1, 0.15) is 16.7 Å². The topological polar surface area (TPSA) is 0 Å². The lowest BCUT2D eigenvalue weighted by molar-refractivity contribution is 1.47. The Morgan fingerprint density at radius 3 is 2.39 bits per heavy atom. The average Bonchev–Trinajstić information content (AvgIpc) is 2.38. The minimum Gasteiger partial charge on any atom is -0.0795 e. The molecule has 90 valence electrons. The van der Waals surface area contributed by atoms with Gasteiger partial charge in [-0.1, -0.05) is 82.3 Å². The summed E-state index contributed by atoms with van der Waals surface area (Å²) in [6.07, 6.45) is 4.01. The largest absolute Gasteiger partial charge is 0.0795 e. The van der Waals surface area contributed by atoms with Gasteiger partial charge in [-0.2, -0.15) is 0 Å². The Bertz CT molecular complexity index is 582. The summed E-state index contributed by atoms with van der Waals surface area (Å²) in [5, 5.41) is 0. The highest BCUT2D eigenvalue weighted by Crippen LogP contribution is 2.17. The maximum atomic E-state index is 5.40. The van der Waals surface area contributed by atoms with Gasteiger partial charge in [-0.05, 0) is 30.2 Å². The van der Waals surface area contributed by atoms with Crippen molar-refractivity contribution in [3.8, 4) is 0 Å². The van der Waals surface area contributed by atoms with E-state index in [2.05, 4.69) is 53.2 Å². The molecule has 0 saturated carbocycles. The van der Waals surface area contributed by atoms with Gasteiger partial charge in [0.2, 0.25) is 0 Å². The highest BCUT2D eigenvalue weighted by Gasteiger charge is 1.98. The van der Waals surface area contributed by atoms with Crippen LogP contribution in [-0.4, -0.2) is 4.86 Å². The number of rotatable bonds is 3. The highest BCUT2D eigenvalue weighted by atomic mass is 79.9. The van der Waals surface area contributed by atoms with Crippen LogP contribution in [0, 0.1) is 6.92 Å². The fraction of sp³-hybridized carbons (Fsp3) is 0.0625. The number of aryl methyl sites for hydroxylation is 1. The van der Waals surface area contributed by atoms with Gasteiger partial charge in [0, 0.05) is 9.34 Å². The van der Waals surface area contributed by atoms with Gasteiger partial charge in [-0.3, -0.25) is 0 Å². The van der Waals surface area contributed by atoms with E-state index in [1.165, 1.54) is 5.56 Å². The number of benzene rings is 2. The smallest absolute Gasteiger partial charge is 0.0449 e. The predicted octanol–water partition coefficient (Wildman–Crippen LogP) is 5.19. The molecule has 2 aromatic rings. The molecular weight excluding hydrogens is 304 g/mol. The molecule has 0 unspecified atom stereocenters. The van der Waals surface area contributed by atoms with Crippen LogP contribution in [-0.2, 0) is 0 Å². The van der Waals surface area contributed by atoms with Gasteiger partial charge in [0.1, 0.15) is 0 Å². The van der Waals surface area contributed by atoms with Crippen LogP contribution in [0.25, 0.3) is 6.08 Å². The van der Waals surface area contributed by atoms with Crippen LogP contribution >= 0.6 is 28.1 Å². The Morgan fingerprint density at radius 1 is 1.06 bits per heavy atom. The standard InChI is InChI=1S/C16H13BrS/c1-12-6-8-14(9-7-12)16(18)11-10-13-4-2-3-5-15(13)17/h2-11H,1H3. The molecule has 0 amide bonds. The minimum atomic E-state index is 0.853. The molecular formula is C16H13BrS. The zero-order chi connectivity index (χ0) is 13.0. The molecule has 0 aliphatic heterocycles. The fourth-order valence-electron chi connectivity index (χ4n) is 1.59. The van der Waals surface area contributed by atoms with E-state index < -0.39 is 0 Å². The lowest BCUT2D eigenvalue weighted by Gasteiger charge is -2.00. The summed E-state index contributed by atoms with van der Waals surface area (Å²) in [6, 6.07) is 16.4. The van der Waals surface area contributed by atoms with Gasteiger partial charge >= 0.3 is 0 Å². The molecule has 2 rings (SSSR count). The molecule has 0 atom stereocenters. The summed E-state index contributed by atoms with van der Waals surface area (Å²) >= 11 is 8.92. The quantitative estimate of drug-likeness (QED) is 0.426. The molecule has 0 fully saturated rings. The summed E-state index contributed by atoms with van der Waals surface area (Å²) in [6.45, 7) is 2.07. The molecule has 0 saturated heterocycles. The first-order chi connectivity index (χ1) is 8.66. The molecule has 2 aromatic carbocycles. The monoisotopic (exact) mass is 316 g/mol. The molecule has 0 heterocycles. The van der Waals surface area contributed by atoms with E-state index >= 15 is 0 Å². The van der Waals surface area contributed by atoms with Crippen molar-refractivity contribution in [3.63, 3.8) is 0 Å². The van der Waals surface area contributed by atoms with Crippen LogP contribution < -0.4 is 0 Å². The van der Waals surface area contributed by atoms with Crippen molar-refractivity contribution in [2.45, 2.75) is 6.92 Å². The molecule has 0 nitrogen and oxygen atoms in total. The summed E-state index contributed by atoms with van der Waals surface area (Å²) in [5.41, 5.74) is 3.46.